The second-order valence-corrected chi connectivity index (χ2v) is 2.72. The first-order valence-corrected chi connectivity index (χ1v) is 4.19. The van der Waals surface area contributed by atoms with Gasteiger partial charge in [0.1, 0.15) is 10.8 Å². The van der Waals surface area contributed by atoms with E-state index in [1.165, 1.54) is 0 Å². The molecule has 0 atom stereocenters. The summed E-state index contributed by atoms with van der Waals surface area (Å²) in [6, 6.07) is 1.80. The highest BCUT2D eigenvalue weighted by Crippen LogP contribution is 2.20. The highest BCUT2D eigenvalue weighted by atomic mass is 35.5. The van der Waals surface area contributed by atoms with Crippen molar-refractivity contribution in [2.75, 3.05) is 0 Å². The molecule has 3 nitrogen and oxygen atoms in total. The Labute approximate surface area is 85.4 Å². The second kappa shape index (κ2) is 4.25. The lowest BCUT2D eigenvalue weighted by molar-refractivity contribution is 1.20. The predicted molar refractivity (Wildman–Crippen MR) is 55.2 cm³/mol. The van der Waals surface area contributed by atoms with Crippen LogP contribution in [0.15, 0.2) is 25.4 Å². The standard InChI is InChI=1S/C6H3Cl2N3.C2H4/c7-4-3-1-2-9-5(3)11-6(8)10-4;1-2/h1-2H,(H,9,10,11);1-2H2. The highest BCUT2D eigenvalue weighted by molar-refractivity contribution is 6.35. The Balaban J connectivity index is 0.000000396. The molecule has 0 radical (unpaired) electrons. The van der Waals surface area contributed by atoms with Crippen LogP contribution in [0.3, 0.4) is 0 Å². The van der Waals surface area contributed by atoms with Gasteiger partial charge in [-0.3, -0.25) is 0 Å². The smallest absolute Gasteiger partial charge is 0.225 e. The fraction of sp³-hybridized carbons (Fsp3) is 0. The lowest BCUT2D eigenvalue weighted by Crippen LogP contribution is -1.83. The second-order valence-electron chi connectivity index (χ2n) is 2.02. The Bertz CT molecular complexity index is 411. The van der Waals surface area contributed by atoms with Crippen LogP contribution in [0.4, 0.5) is 0 Å². The maximum absolute atomic E-state index is 5.75. The van der Waals surface area contributed by atoms with Crippen LogP contribution in [0.5, 0.6) is 0 Å². The number of fused-ring (bicyclic) bond motifs is 1. The van der Waals surface area contributed by atoms with Crippen molar-refractivity contribution >= 4 is 34.2 Å². The minimum atomic E-state index is 0.157. The molecule has 2 heterocycles. The first kappa shape index (κ1) is 10.0. The fourth-order valence-electron chi connectivity index (χ4n) is 0.878. The van der Waals surface area contributed by atoms with Gasteiger partial charge in [-0.25, -0.2) is 4.98 Å². The molecule has 0 saturated heterocycles. The van der Waals surface area contributed by atoms with Crippen molar-refractivity contribution in [3.05, 3.63) is 35.9 Å². The van der Waals surface area contributed by atoms with Crippen molar-refractivity contribution in [2.24, 2.45) is 0 Å². The van der Waals surface area contributed by atoms with Crippen LogP contribution in [0.25, 0.3) is 11.0 Å². The van der Waals surface area contributed by atoms with E-state index < -0.39 is 0 Å². The van der Waals surface area contributed by atoms with Crippen molar-refractivity contribution in [3.63, 3.8) is 0 Å². The van der Waals surface area contributed by atoms with E-state index in [0.717, 1.165) is 5.39 Å². The van der Waals surface area contributed by atoms with Gasteiger partial charge >= 0.3 is 0 Å². The third kappa shape index (κ3) is 1.99. The van der Waals surface area contributed by atoms with Crippen LogP contribution in [0.1, 0.15) is 0 Å². The normalized spacial score (nSPS) is 9.38. The summed E-state index contributed by atoms with van der Waals surface area (Å²) in [6.45, 7) is 6.00. The van der Waals surface area contributed by atoms with E-state index in [0.29, 0.717) is 10.8 Å². The van der Waals surface area contributed by atoms with E-state index in [4.69, 9.17) is 23.2 Å². The molecule has 5 heteroatoms. The zero-order valence-electron chi connectivity index (χ0n) is 6.72. The highest BCUT2D eigenvalue weighted by Gasteiger charge is 2.03. The molecule has 68 valence electrons. The largest absolute Gasteiger partial charge is 0.346 e. The summed E-state index contributed by atoms with van der Waals surface area (Å²) >= 11 is 11.3. The number of rotatable bonds is 0. The Morgan fingerprint density at radius 2 is 1.92 bits per heavy atom. The molecule has 0 unspecified atom stereocenters. The Kier molecular flexibility index (Phi) is 3.28. The molecule has 2 aromatic rings. The number of hydrogen-bond acceptors (Lipinski definition) is 2. The number of aromatic amines is 1. The van der Waals surface area contributed by atoms with Crippen LogP contribution >= 0.6 is 23.2 Å². The minimum Gasteiger partial charge on any atom is -0.346 e. The average molecular weight is 216 g/mol. The first-order chi connectivity index (χ1) is 6.27. The first-order valence-electron chi connectivity index (χ1n) is 3.43. The van der Waals surface area contributed by atoms with E-state index in [9.17, 15) is 0 Å². The summed E-state index contributed by atoms with van der Waals surface area (Å²) < 4.78 is 0. The third-order valence-corrected chi connectivity index (χ3v) is 1.80. The van der Waals surface area contributed by atoms with Gasteiger partial charge in [-0.1, -0.05) is 11.6 Å². The van der Waals surface area contributed by atoms with E-state index in [1.807, 2.05) is 0 Å². The van der Waals surface area contributed by atoms with Crippen LogP contribution < -0.4 is 0 Å². The van der Waals surface area contributed by atoms with Gasteiger partial charge < -0.3 is 4.98 Å². The Morgan fingerprint density at radius 3 is 2.62 bits per heavy atom. The molecule has 13 heavy (non-hydrogen) atoms. The summed E-state index contributed by atoms with van der Waals surface area (Å²) in [5, 5.41) is 1.32. The maximum atomic E-state index is 5.75. The van der Waals surface area contributed by atoms with Gasteiger partial charge in [0.2, 0.25) is 5.28 Å². The SMILES string of the molecule is C=C.Clc1nc(Cl)c2cc[nH]c2n1. The lowest BCUT2D eigenvalue weighted by atomic mass is 10.4. The van der Waals surface area contributed by atoms with Crippen LogP contribution in [-0.4, -0.2) is 15.0 Å². The molecule has 0 aliphatic carbocycles. The summed E-state index contributed by atoms with van der Waals surface area (Å²) in [5.41, 5.74) is 0.662. The molecule has 0 saturated carbocycles. The quantitative estimate of drug-likeness (QED) is 0.417. The molecule has 0 amide bonds. The number of nitrogens with zero attached hydrogens (tertiary/aromatic N) is 2. The van der Waals surface area contributed by atoms with E-state index in [1.54, 1.807) is 12.3 Å². The summed E-state index contributed by atoms with van der Waals surface area (Å²) in [5.74, 6) is 0. The maximum Gasteiger partial charge on any atom is 0.225 e. The van der Waals surface area contributed by atoms with Gasteiger partial charge in [-0.2, -0.15) is 4.98 Å². The molecule has 0 aromatic carbocycles. The van der Waals surface area contributed by atoms with Gasteiger partial charge in [0, 0.05) is 6.20 Å². The molecular weight excluding hydrogens is 209 g/mol. The summed E-state index contributed by atoms with van der Waals surface area (Å²) in [4.78, 5) is 10.6. The Hall–Kier alpha value is -1.06. The molecule has 0 spiro atoms. The fourth-order valence-corrected chi connectivity index (χ4v) is 1.32. The van der Waals surface area contributed by atoms with E-state index in [-0.39, 0.29) is 5.28 Å². The molecule has 0 bridgehead atoms. The number of H-pyrrole nitrogens is 1. The zero-order chi connectivity index (χ0) is 9.84. The lowest BCUT2D eigenvalue weighted by Gasteiger charge is -1.92. The van der Waals surface area contributed by atoms with Gasteiger partial charge in [-0.15, -0.1) is 13.2 Å². The van der Waals surface area contributed by atoms with Crippen molar-refractivity contribution in [3.8, 4) is 0 Å². The van der Waals surface area contributed by atoms with Gasteiger partial charge in [0.25, 0.3) is 0 Å². The number of nitrogens with one attached hydrogen (secondary N) is 1. The van der Waals surface area contributed by atoms with Gasteiger partial charge in [0.05, 0.1) is 5.39 Å². The third-order valence-electron chi connectivity index (χ3n) is 1.34. The number of hydrogen-bond donors (Lipinski definition) is 1. The van der Waals surface area contributed by atoms with Gasteiger partial charge in [-0.05, 0) is 17.7 Å². The molecule has 1 N–H and O–H groups in total. The van der Waals surface area contributed by atoms with Crippen molar-refractivity contribution < 1.29 is 0 Å². The van der Waals surface area contributed by atoms with Crippen molar-refractivity contribution in [1.82, 2.24) is 15.0 Å². The van der Waals surface area contributed by atoms with Crippen molar-refractivity contribution in [1.29, 1.82) is 0 Å². The summed E-state index contributed by atoms with van der Waals surface area (Å²) in [6.07, 6.45) is 1.74. The molecule has 0 aliphatic rings. The summed E-state index contributed by atoms with van der Waals surface area (Å²) in [7, 11) is 0. The number of halogens is 2. The topological polar surface area (TPSA) is 41.6 Å². The molecule has 2 rings (SSSR count). The Morgan fingerprint density at radius 1 is 1.23 bits per heavy atom. The van der Waals surface area contributed by atoms with Crippen LogP contribution in [-0.2, 0) is 0 Å². The molecular formula is C8H7Cl2N3. The zero-order valence-corrected chi connectivity index (χ0v) is 8.23. The van der Waals surface area contributed by atoms with Gasteiger partial charge in [0.15, 0.2) is 0 Å². The van der Waals surface area contributed by atoms with Crippen LogP contribution in [0.2, 0.25) is 10.4 Å². The van der Waals surface area contributed by atoms with E-state index >= 15 is 0 Å². The van der Waals surface area contributed by atoms with Crippen LogP contribution in [0, 0.1) is 0 Å². The monoisotopic (exact) mass is 215 g/mol. The number of aromatic nitrogens is 3. The van der Waals surface area contributed by atoms with Crippen molar-refractivity contribution in [2.45, 2.75) is 0 Å². The molecule has 0 aliphatic heterocycles. The average Bonchev–Trinajstić information content (AvgIpc) is 2.55. The van der Waals surface area contributed by atoms with E-state index in [2.05, 4.69) is 28.1 Å². The molecule has 0 fully saturated rings. The predicted octanol–water partition coefficient (Wildman–Crippen LogP) is 3.07. The molecule has 2 aromatic heterocycles. The minimum absolute atomic E-state index is 0.157.